The van der Waals surface area contributed by atoms with Gasteiger partial charge in [0.1, 0.15) is 0 Å². The van der Waals surface area contributed by atoms with Crippen molar-refractivity contribution in [2.24, 2.45) is 5.16 Å². The Kier molecular flexibility index (Phi) is 6.85. The van der Waals surface area contributed by atoms with Crippen LogP contribution >= 0.6 is 34.8 Å². The average molecular weight is 488 g/mol. The van der Waals surface area contributed by atoms with Crippen LogP contribution < -0.4 is 0 Å². The molecule has 1 aliphatic heterocycles. The Labute approximate surface area is 202 Å². The van der Waals surface area contributed by atoms with E-state index in [9.17, 15) is 4.79 Å². The monoisotopic (exact) mass is 486 g/mol. The SMILES string of the molecule is Cc1cc(C2=NOC(CCl)(c3cc(Cl)cc(Cl)c3)C2)ccc1C(=O)CCc1ccccn1. The first-order chi connectivity index (χ1) is 15.4. The van der Waals surface area contributed by atoms with E-state index < -0.39 is 5.60 Å². The van der Waals surface area contributed by atoms with E-state index >= 15 is 0 Å². The number of pyridine rings is 1. The number of aryl methyl sites for hydroxylation is 2. The number of alkyl halides is 1. The molecule has 0 fully saturated rings. The van der Waals surface area contributed by atoms with Gasteiger partial charge < -0.3 is 4.84 Å². The van der Waals surface area contributed by atoms with Crippen molar-refractivity contribution in [3.63, 3.8) is 0 Å². The number of hydrogen-bond donors (Lipinski definition) is 0. The minimum Gasteiger partial charge on any atom is -0.382 e. The molecule has 2 aromatic carbocycles. The first-order valence-corrected chi connectivity index (χ1v) is 11.5. The van der Waals surface area contributed by atoms with Gasteiger partial charge in [0, 0.05) is 45.9 Å². The molecular weight excluding hydrogens is 467 g/mol. The van der Waals surface area contributed by atoms with Gasteiger partial charge in [0.2, 0.25) is 0 Å². The Morgan fingerprint density at radius 3 is 2.53 bits per heavy atom. The fraction of sp³-hybridized carbons (Fsp3) is 0.240. The number of aromatic nitrogens is 1. The zero-order valence-electron chi connectivity index (χ0n) is 17.4. The van der Waals surface area contributed by atoms with Crippen LogP contribution in [0.1, 0.15) is 45.6 Å². The van der Waals surface area contributed by atoms with Crippen LogP contribution in [0.2, 0.25) is 10.0 Å². The van der Waals surface area contributed by atoms with Crippen LogP contribution in [0.4, 0.5) is 0 Å². The van der Waals surface area contributed by atoms with Crippen LogP contribution in [-0.2, 0) is 16.9 Å². The van der Waals surface area contributed by atoms with Gasteiger partial charge in [-0.3, -0.25) is 9.78 Å². The predicted octanol–water partition coefficient (Wildman–Crippen LogP) is 6.77. The largest absolute Gasteiger partial charge is 0.382 e. The van der Waals surface area contributed by atoms with Crippen molar-refractivity contribution in [3.8, 4) is 0 Å². The normalized spacial score (nSPS) is 17.7. The van der Waals surface area contributed by atoms with Crippen molar-refractivity contribution in [1.82, 2.24) is 4.98 Å². The van der Waals surface area contributed by atoms with E-state index in [4.69, 9.17) is 39.6 Å². The van der Waals surface area contributed by atoms with E-state index in [0.717, 1.165) is 28.1 Å². The third-order valence-electron chi connectivity index (χ3n) is 5.58. The standard InChI is InChI=1S/C25H21Cl3N2O2/c1-16-10-17(5-7-22(16)24(31)8-6-21-4-2-3-9-29-21)23-14-25(15-26,32-30-23)18-11-19(27)13-20(28)12-18/h2-5,7,9-13H,6,8,14-15H2,1H3. The Morgan fingerprint density at radius 2 is 1.88 bits per heavy atom. The maximum atomic E-state index is 12.7. The smallest absolute Gasteiger partial charge is 0.181 e. The van der Waals surface area contributed by atoms with Gasteiger partial charge in [-0.05, 0) is 60.9 Å². The fourth-order valence-corrected chi connectivity index (χ4v) is 4.65. The summed E-state index contributed by atoms with van der Waals surface area (Å²) in [4.78, 5) is 22.8. The Balaban J connectivity index is 1.50. The highest BCUT2D eigenvalue weighted by Gasteiger charge is 2.41. The summed E-state index contributed by atoms with van der Waals surface area (Å²) in [5, 5.41) is 5.34. The molecule has 4 nitrogen and oxygen atoms in total. The first-order valence-electron chi connectivity index (χ1n) is 10.2. The molecule has 2 heterocycles. The van der Waals surface area contributed by atoms with Gasteiger partial charge in [-0.2, -0.15) is 0 Å². The number of nitrogens with zero attached hydrogens (tertiary/aromatic N) is 2. The number of benzene rings is 2. The Morgan fingerprint density at radius 1 is 1.09 bits per heavy atom. The van der Waals surface area contributed by atoms with Crippen LogP contribution in [0.25, 0.3) is 0 Å². The van der Waals surface area contributed by atoms with Crippen molar-refractivity contribution in [1.29, 1.82) is 0 Å². The van der Waals surface area contributed by atoms with Crippen LogP contribution in [0, 0.1) is 6.92 Å². The van der Waals surface area contributed by atoms with Crippen LogP contribution in [-0.4, -0.2) is 22.4 Å². The average Bonchev–Trinajstić information content (AvgIpc) is 3.23. The molecule has 1 atom stereocenters. The highest BCUT2D eigenvalue weighted by molar-refractivity contribution is 6.34. The molecule has 32 heavy (non-hydrogen) atoms. The summed E-state index contributed by atoms with van der Waals surface area (Å²) in [7, 11) is 0. The van der Waals surface area contributed by atoms with Gasteiger partial charge in [0.15, 0.2) is 11.4 Å². The maximum absolute atomic E-state index is 12.7. The number of ketones is 1. The second kappa shape index (κ2) is 9.62. The summed E-state index contributed by atoms with van der Waals surface area (Å²) in [5.41, 5.74) is 4.10. The molecule has 7 heteroatoms. The number of carbonyl (C=O) groups is 1. The molecule has 164 valence electrons. The van der Waals surface area contributed by atoms with Gasteiger partial charge >= 0.3 is 0 Å². The minimum atomic E-state index is -0.837. The molecule has 3 aromatic rings. The van der Waals surface area contributed by atoms with E-state index in [-0.39, 0.29) is 11.7 Å². The summed E-state index contributed by atoms with van der Waals surface area (Å²) < 4.78 is 0. The molecule has 1 aliphatic rings. The molecular formula is C25H21Cl3N2O2. The molecule has 0 saturated carbocycles. The number of Topliss-reactive ketones (excluding diaryl/α,β-unsaturated/α-hetero) is 1. The number of halogens is 3. The molecule has 1 unspecified atom stereocenters. The Hall–Kier alpha value is -2.40. The van der Waals surface area contributed by atoms with E-state index in [1.807, 2.05) is 43.3 Å². The lowest BCUT2D eigenvalue weighted by molar-refractivity contribution is -0.00432. The molecule has 0 spiro atoms. The molecule has 0 radical (unpaired) electrons. The van der Waals surface area contributed by atoms with Gasteiger partial charge in [-0.15, -0.1) is 11.6 Å². The maximum Gasteiger partial charge on any atom is 0.181 e. The van der Waals surface area contributed by atoms with Gasteiger partial charge in [-0.25, -0.2) is 0 Å². The lowest BCUT2D eigenvalue weighted by Crippen LogP contribution is -2.28. The van der Waals surface area contributed by atoms with Crippen LogP contribution in [0.3, 0.4) is 0 Å². The molecule has 0 bridgehead atoms. The highest BCUT2D eigenvalue weighted by Crippen LogP contribution is 2.40. The molecule has 0 aliphatic carbocycles. The lowest BCUT2D eigenvalue weighted by Gasteiger charge is -2.25. The van der Waals surface area contributed by atoms with E-state index in [1.54, 1.807) is 24.4 Å². The zero-order valence-corrected chi connectivity index (χ0v) is 19.7. The number of rotatable bonds is 7. The fourth-order valence-electron chi connectivity index (χ4n) is 3.83. The van der Waals surface area contributed by atoms with Crippen molar-refractivity contribution in [2.45, 2.75) is 31.8 Å². The number of carbonyl (C=O) groups excluding carboxylic acids is 1. The number of oxime groups is 1. The molecule has 4 rings (SSSR count). The minimum absolute atomic E-state index is 0.0907. The Bertz CT molecular complexity index is 1160. The van der Waals surface area contributed by atoms with Gasteiger partial charge in [0.05, 0.1) is 11.6 Å². The van der Waals surface area contributed by atoms with Crippen molar-refractivity contribution in [2.75, 3.05) is 5.88 Å². The molecule has 1 aromatic heterocycles. The zero-order chi connectivity index (χ0) is 22.7. The van der Waals surface area contributed by atoms with E-state index in [0.29, 0.717) is 34.9 Å². The van der Waals surface area contributed by atoms with Gasteiger partial charge in [0.25, 0.3) is 0 Å². The van der Waals surface area contributed by atoms with E-state index in [1.165, 1.54) is 0 Å². The van der Waals surface area contributed by atoms with E-state index in [2.05, 4.69) is 10.1 Å². The second-order valence-corrected chi connectivity index (χ2v) is 9.01. The van der Waals surface area contributed by atoms with Crippen molar-refractivity contribution < 1.29 is 9.63 Å². The third kappa shape index (κ3) is 4.83. The molecule has 0 amide bonds. The quantitative estimate of drug-likeness (QED) is 0.273. The summed E-state index contributed by atoms with van der Waals surface area (Å²) in [5.74, 6) is 0.285. The van der Waals surface area contributed by atoms with Crippen LogP contribution in [0.5, 0.6) is 0 Å². The van der Waals surface area contributed by atoms with Crippen molar-refractivity contribution >= 4 is 46.3 Å². The predicted molar refractivity (Wildman–Crippen MR) is 129 cm³/mol. The van der Waals surface area contributed by atoms with Crippen molar-refractivity contribution in [3.05, 3.63) is 98.8 Å². The highest BCUT2D eigenvalue weighted by atomic mass is 35.5. The van der Waals surface area contributed by atoms with Crippen LogP contribution in [0.15, 0.2) is 65.9 Å². The summed E-state index contributed by atoms with van der Waals surface area (Å²) in [6.45, 7) is 1.93. The number of hydrogen-bond acceptors (Lipinski definition) is 4. The lowest BCUT2D eigenvalue weighted by atomic mass is 9.88. The second-order valence-electron chi connectivity index (χ2n) is 7.87. The molecule has 0 N–H and O–H groups in total. The molecule has 0 saturated heterocycles. The topological polar surface area (TPSA) is 51.5 Å². The first kappa shape index (κ1) is 22.8. The summed E-state index contributed by atoms with van der Waals surface area (Å²) in [6.07, 6.45) is 3.23. The third-order valence-corrected chi connectivity index (χ3v) is 6.45. The summed E-state index contributed by atoms with van der Waals surface area (Å²) >= 11 is 18.7. The summed E-state index contributed by atoms with van der Waals surface area (Å²) in [6, 6.07) is 16.7. The van der Waals surface area contributed by atoms with Gasteiger partial charge in [-0.1, -0.05) is 46.6 Å².